The van der Waals surface area contributed by atoms with Gasteiger partial charge in [-0.1, -0.05) is 23.7 Å². The summed E-state index contributed by atoms with van der Waals surface area (Å²) >= 11 is 5.89. The van der Waals surface area contributed by atoms with E-state index < -0.39 is 0 Å². The van der Waals surface area contributed by atoms with Crippen LogP contribution in [0.5, 0.6) is 5.75 Å². The fourth-order valence-electron chi connectivity index (χ4n) is 2.36. The first-order valence-electron chi connectivity index (χ1n) is 8.41. The lowest BCUT2D eigenvalue weighted by atomic mass is 10.1. The van der Waals surface area contributed by atoms with Gasteiger partial charge in [-0.25, -0.2) is 0 Å². The number of nitrogens with zero attached hydrogens (tertiary/aromatic N) is 3. The first kappa shape index (κ1) is 17.9. The molecule has 0 aliphatic heterocycles. The SMILES string of the molecule is CCOc1ccc(Nc2cnnc(NCCc3ccc(Cl)cc3)n2)cc1. The number of anilines is 3. The molecule has 0 saturated heterocycles. The van der Waals surface area contributed by atoms with Crippen molar-refractivity contribution in [2.45, 2.75) is 13.3 Å². The average molecular weight is 370 g/mol. The van der Waals surface area contributed by atoms with Crippen molar-refractivity contribution in [2.24, 2.45) is 0 Å². The van der Waals surface area contributed by atoms with E-state index in [1.807, 2.05) is 55.5 Å². The van der Waals surface area contributed by atoms with Crippen molar-refractivity contribution in [1.82, 2.24) is 15.2 Å². The van der Waals surface area contributed by atoms with Crippen molar-refractivity contribution >= 4 is 29.1 Å². The van der Waals surface area contributed by atoms with Gasteiger partial charge in [0.25, 0.3) is 0 Å². The summed E-state index contributed by atoms with van der Waals surface area (Å²) in [6.07, 6.45) is 2.43. The Balaban J connectivity index is 1.54. The molecule has 1 aromatic heterocycles. The number of ether oxygens (including phenoxy) is 1. The van der Waals surface area contributed by atoms with Gasteiger partial charge in [-0.15, -0.1) is 5.10 Å². The molecular formula is C19H20ClN5O. The van der Waals surface area contributed by atoms with Gasteiger partial charge in [0.05, 0.1) is 12.8 Å². The summed E-state index contributed by atoms with van der Waals surface area (Å²) in [5, 5.41) is 15.1. The second-order valence-electron chi connectivity index (χ2n) is 5.55. The predicted molar refractivity (Wildman–Crippen MR) is 104 cm³/mol. The highest BCUT2D eigenvalue weighted by molar-refractivity contribution is 6.30. The molecule has 0 saturated carbocycles. The zero-order chi connectivity index (χ0) is 18.2. The van der Waals surface area contributed by atoms with E-state index in [0.29, 0.717) is 24.9 Å². The molecular weight excluding hydrogens is 350 g/mol. The predicted octanol–water partition coefficient (Wildman–Crippen LogP) is 4.32. The standard InChI is InChI=1S/C19H20ClN5O/c1-2-26-17-9-7-16(8-10-17)23-18-13-22-25-19(24-18)21-12-11-14-3-5-15(20)6-4-14/h3-10,13H,2,11-12H2,1H3,(H2,21,23,24,25). The minimum absolute atomic E-state index is 0.481. The van der Waals surface area contributed by atoms with Crippen molar-refractivity contribution < 1.29 is 4.74 Å². The average Bonchev–Trinajstić information content (AvgIpc) is 2.66. The Labute approximate surface area is 157 Å². The Bertz CT molecular complexity index is 824. The highest BCUT2D eigenvalue weighted by Gasteiger charge is 2.02. The van der Waals surface area contributed by atoms with E-state index in [0.717, 1.165) is 22.9 Å². The minimum atomic E-state index is 0.481. The highest BCUT2D eigenvalue weighted by Crippen LogP contribution is 2.19. The maximum Gasteiger partial charge on any atom is 0.244 e. The summed E-state index contributed by atoms with van der Waals surface area (Å²) in [6, 6.07) is 15.5. The van der Waals surface area contributed by atoms with Crippen LogP contribution >= 0.6 is 11.6 Å². The zero-order valence-corrected chi connectivity index (χ0v) is 15.2. The topological polar surface area (TPSA) is 72.0 Å². The van der Waals surface area contributed by atoms with Gasteiger partial charge in [-0.05, 0) is 55.3 Å². The molecule has 0 amide bonds. The Morgan fingerprint density at radius 2 is 1.81 bits per heavy atom. The van der Waals surface area contributed by atoms with Crippen LogP contribution in [0.1, 0.15) is 12.5 Å². The fourth-order valence-corrected chi connectivity index (χ4v) is 2.48. The van der Waals surface area contributed by atoms with Crippen LogP contribution in [0.3, 0.4) is 0 Å². The molecule has 2 aromatic carbocycles. The van der Waals surface area contributed by atoms with Crippen LogP contribution < -0.4 is 15.4 Å². The Kier molecular flexibility index (Phi) is 6.22. The quantitative estimate of drug-likeness (QED) is 0.616. The van der Waals surface area contributed by atoms with Gasteiger partial charge in [0.2, 0.25) is 5.95 Å². The summed E-state index contributed by atoms with van der Waals surface area (Å²) in [6.45, 7) is 3.31. The molecule has 0 bridgehead atoms. The first-order chi connectivity index (χ1) is 12.7. The number of rotatable bonds is 8. The molecule has 6 nitrogen and oxygen atoms in total. The van der Waals surface area contributed by atoms with E-state index in [1.54, 1.807) is 6.20 Å². The maximum atomic E-state index is 5.89. The van der Waals surface area contributed by atoms with Crippen LogP contribution in [0, 0.1) is 0 Å². The molecule has 26 heavy (non-hydrogen) atoms. The summed E-state index contributed by atoms with van der Waals surface area (Å²) < 4.78 is 5.43. The lowest BCUT2D eigenvalue weighted by molar-refractivity contribution is 0.340. The molecule has 2 N–H and O–H groups in total. The molecule has 0 spiro atoms. The third kappa shape index (κ3) is 5.32. The molecule has 1 heterocycles. The molecule has 0 radical (unpaired) electrons. The molecule has 7 heteroatoms. The lowest BCUT2D eigenvalue weighted by Crippen LogP contribution is -2.09. The Morgan fingerprint density at radius 3 is 2.54 bits per heavy atom. The third-order valence-electron chi connectivity index (χ3n) is 3.61. The highest BCUT2D eigenvalue weighted by atomic mass is 35.5. The van der Waals surface area contributed by atoms with Crippen molar-refractivity contribution in [1.29, 1.82) is 0 Å². The van der Waals surface area contributed by atoms with Gasteiger partial charge in [-0.3, -0.25) is 0 Å². The maximum absolute atomic E-state index is 5.89. The summed E-state index contributed by atoms with van der Waals surface area (Å²) in [7, 11) is 0. The first-order valence-corrected chi connectivity index (χ1v) is 8.78. The van der Waals surface area contributed by atoms with E-state index >= 15 is 0 Å². The third-order valence-corrected chi connectivity index (χ3v) is 3.86. The molecule has 134 valence electrons. The van der Waals surface area contributed by atoms with E-state index in [4.69, 9.17) is 16.3 Å². The summed E-state index contributed by atoms with van der Waals surface area (Å²) in [4.78, 5) is 4.42. The van der Waals surface area contributed by atoms with Crippen molar-refractivity contribution in [3.05, 3.63) is 65.3 Å². The largest absolute Gasteiger partial charge is 0.494 e. The van der Waals surface area contributed by atoms with Gasteiger partial charge < -0.3 is 15.4 Å². The van der Waals surface area contributed by atoms with Gasteiger partial charge in [-0.2, -0.15) is 10.1 Å². The smallest absolute Gasteiger partial charge is 0.244 e. The molecule has 3 aromatic rings. The normalized spacial score (nSPS) is 10.4. The van der Waals surface area contributed by atoms with Crippen LogP contribution in [0.15, 0.2) is 54.7 Å². The van der Waals surface area contributed by atoms with Crippen molar-refractivity contribution in [3.63, 3.8) is 0 Å². The number of hydrogen-bond acceptors (Lipinski definition) is 6. The van der Waals surface area contributed by atoms with Crippen LogP contribution in [-0.4, -0.2) is 28.3 Å². The van der Waals surface area contributed by atoms with Crippen molar-refractivity contribution in [2.75, 3.05) is 23.8 Å². The monoisotopic (exact) mass is 369 g/mol. The van der Waals surface area contributed by atoms with Crippen LogP contribution in [0.2, 0.25) is 5.02 Å². The number of hydrogen-bond donors (Lipinski definition) is 2. The van der Waals surface area contributed by atoms with E-state index in [9.17, 15) is 0 Å². The van der Waals surface area contributed by atoms with E-state index in [2.05, 4.69) is 25.8 Å². The Morgan fingerprint density at radius 1 is 1.04 bits per heavy atom. The molecule has 3 rings (SSSR count). The minimum Gasteiger partial charge on any atom is -0.494 e. The molecule has 0 aliphatic rings. The van der Waals surface area contributed by atoms with Gasteiger partial charge in [0.1, 0.15) is 5.75 Å². The van der Waals surface area contributed by atoms with Crippen LogP contribution in [0.4, 0.5) is 17.5 Å². The number of halogens is 1. The second-order valence-corrected chi connectivity index (χ2v) is 5.99. The number of nitrogens with one attached hydrogen (secondary N) is 2. The lowest BCUT2D eigenvalue weighted by Gasteiger charge is -2.09. The van der Waals surface area contributed by atoms with Gasteiger partial charge >= 0.3 is 0 Å². The van der Waals surface area contributed by atoms with E-state index in [1.165, 1.54) is 5.56 Å². The van der Waals surface area contributed by atoms with E-state index in [-0.39, 0.29) is 0 Å². The van der Waals surface area contributed by atoms with Gasteiger partial charge in [0, 0.05) is 17.3 Å². The summed E-state index contributed by atoms with van der Waals surface area (Å²) in [5.41, 5.74) is 2.10. The molecule has 0 atom stereocenters. The van der Waals surface area contributed by atoms with Crippen molar-refractivity contribution in [3.8, 4) is 5.75 Å². The van der Waals surface area contributed by atoms with Gasteiger partial charge in [0.15, 0.2) is 5.82 Å². The summed E-state index contributed by atoms with van der Waals surface area (Å²) in [5.74, 6) is 1.94. The van der Waals surface area contributed by atoms with Crippen LogP contribution in [0.25, 0.3) is 0 Å². The zero-order valence-electron chi connectivity index (χ0n) is 14.4. The Hall–Kier alpha value is -2.86. The molecule has 0 fully saturated rings. The van der Waals surface area contributed by atoms with Crippen LogP contribution in [-0.2, 0) is 6.42 Å². The number of benzene rings is 2. The number of aromatic nitrogens is 3. The molecule has 0 aliphatic carbocycles. The molecule has 0 unspecified atom stereocenters. The fraction of sp³-hybridized carbons (Fsp3) is 0.211. The second kappa shape index (κ2) is 9.01.